The minimum Gasteiger partial charge on any atom is -0.285 e. The number of hydrogen-bond donors (Lipinski definition) is 0. The van der Waals surface area contributed by atoms with Crippen LogP contribution in [0.1, 0.15) is 18.1 Å². The summed E-state index contributed by atoms with van der Waals surface area (Å²) in [4.78, 5) is 10.6. The number of carbonyl (C=O) groups excluding carboxylic acids is 1. The lowest BCUT2D eigenvalue weighted by Gasteiger charge is -2.02. The summed E-state index contributed by atoms with van der Waals surface area (Å²) in [6, 6.07) is 11.9. The molecule has 14 heavy (non-hydrogen) atoms. The summed E-state index contributed by atoms with van der Waals surface area (Å²) in [6.07, 6.45) is 2.98. The Morgan fingerprint density at radius 3 is 2.79 bits per heavy atom. The van der Waals surface area contributed by atoms with Gasteiger partial charge in [0, 0.05) is 5.56 Å². The molecular weight excluding hydrogens is 172 g/mol. The normalized spacial score (nSPS) is 10.4. The molecular formula is C13H11O. The van der Waals surface area contributed by atoms with Gasteiger partial charge < -0.3 is 0 Å². The van der Waals surface area contributed by atoms with Crippen molar-refractivity contribution >= 4 is 17.1 Å². The lowest BCUT2D eigenvalue weighted by Crippen LogP contribution is -1.85. The first-order valence-electron chi connectivity index (χ1n) is 4.75. The molecule has 0 saturated heterocycles. The second-order valence-electron chi connectivity index (χ2n) is 3.32. The third-order valence-corrected chi connectivity index (χ3v) is 2.46. The molecule has 0 bridgehead atoms. The minimum absolute atomic E-state index is 0.644. The van der Waals surface area contributed by atoms with Crippen molar-refractivity contribution in [2.75, 3.05) is 0 Å². The van der Waals surface area contributed by atoms with Gasteiger partial charge in [0.05, 0.1) is 0 Å². The Kier molecular flexibility index (Phi) is 2.32. The molecule has 1 heteroatoms. The highest BCUT2D eigenvalue weighted by Gasteiger charge is 2.00. The molecule has 0 aliphatic rings. The lowest BCUT2D eigenvalue weighted by molar-refractivity contribution is 0.563. The molecule has 0 unspecified atom stereocenters. The number of rotatable bonds is 2. The molecule has 69 valence electrons. The Labute approximate surface area is 83.4 Å². The summed E-state index contributed by atoms with van der Waals surface area (Å²) in [5.41, 5.74) is 1.94. The summed E-state index contributed by atoms with van der Waals surface area (Å²) < 4.78 is 0. The molecule has 0 N–H and O–H groups in total. The van der Waals surface area contributed by atoms with Gasteiger partial charge in [0.2, 0.25) is 6.29 Å². The van der Waals surface area contributed by atoms with E-state index in [1.54, 1.807) is 6.07 Å². The molecule has 0 heterocycles. The van der Waals surface area contributed by atoms with Crippen molar-refractivity contribution in [2.24, 2.45) is 0 Å². The lowest BCUT2D eigenvalue weighted by atomic mass is 10.0. The average Bonchev–Trinajstić information content (AvgIpc) is 2.27. The molecule has 0 aliphatic carbocycles. The molecule has 2 rings (SSSR count). The van der Waals surface area contributed by atoms with Crippen LogP contribution >= 0.6 is 0 Å². The number of aryl methyl sites for hydroxylation is 1. The number of benzene rings is 2. The quantitative estimate of drug-likeness (QED) is 0.699. The highest BCUT2D eigenvalue weighted by molar-refractivity contribution is 5.98. The summed E-state index contributed by atoms with van der Waals surface area (Å²) in [5, 5.41) is 2.10. The Hall–Kier alpha value is -1.63. The molecule has 0 aromatic heterocycles. The molecule has 0 atom stereocenters. The van der Waals surface area contributed by atoms with Gasteiger partial charge in [0.1, 0.15) is 0 Å². The van der Waals surface area contributed by atoms with E-state index in [-0.39, 0.29) is 0 Å². The van der Waals surface area contributed by atoms with E-state index < -0.39 is 0 Å². The van der Waals surface area contributed by atoms with E-state index in [1.807, 2.05) is 24.5 Å². The van der Waals surface area contributed by atoms with E-state index >= 15 is 0 Å². The van der Waals surface area contributed by atoms with Crippen LogP contribution in [0.5, 0.6) is 0 Å². The zero-order valence-corrected chi connectivity index (χ0v) is 8.08. The van der Waals surface area contributed by atoms with E-state index in [0.717, 1.165) is 17.2 Å². The molecule has 2 aromatic rings. The zero-order valence-electron chi connectivity index (χ0n) is 8.08. The van der Waals surface area contributed by atoms with Gasteiger partial charge in [0.15, 0.2) is 0 Å². The van der Waals surface area contributed by atoms with Gasteiger partial charge in [0.25, 0.3) is 0 Å². The third kappa shape index (κ3) is 1.41. The van der Waals surface area contributed by atoms with Gasteiger partial charge in [-0.3, -0.25) is 4.79 Å². The van der Waals surface area contributed by atoms with Crippen molar-refractivity contribution in [3.8, 4) is 0 Å². The molecule has 2 aromatic carbocycles. The number of hydrogen-bond acceptors (Lipinski definition) is 1. The summed E-state index contributed by atoms with van der Waals surface area (Å²) in [5.74, 6) is 0. The Morgan fingerprint density at radius 2 is 2.07 bits per heavy atom. The molecule has 1 nitrogen and oxygen atoms in total. The highest BCUT2D eigenvalue weighted by atomic mass is 16.1. The molecule has 0 fully saturated rings. The van der Waals surface area contributed by atoms with Gasteiger partial charge in [-0.25, -0.2) is 0 Å². The highest BCUT2D eigenvalue weighted by Crippen LogP contribution is 2.19. The fourth-order valence-corrected chi connectivity index (χ4v) is 1.64. The van der Waals surface area contributed by atoms with Crippen LogP contribution in [0.4, 0.5) is 0 Å². The first-order valence-corrected chi connectivity index (χ1v) is 4.75. The molecule has 0 aliphatic heterocycles. The van der Waals surface area contributed by atoms with Crippen LogP contribution in [0, 0.1) is 0 Å². The standard InChI is InChI=1S/C13H11O/c1-2-10-6-7-13-11(8-10)4-3-5-12(13)9-14/h3-8H,2H2,1H3. The molecule has 1 radical (unpaired) electrons. The maximum atomic E-state index is 10.6. The summed E-state index contributed by atoms with van der Waals surface area (Å²) in [6.45, 7) is 2.12. The van der Waals surface area contributed by atoms with Crippen molar-refractivity contribution < 1.29 is 4.79 Å². The predicted octanol–water partition coefficient (Wildman–Crippen LogP) is 2.86. The van der Waals surface area contributed by atoms with Crippen molar-refractivity contribution in [2.45, 2.75) is 13.3 Å². The Bertz CT molecular complexity index is 472. The van der Waals surface area contributed by atoms with Gasteiger partial charge >= 0.3 is 0 Å². The third-order valence-electron chi connectivity index (χ3n) is 2.46. The smallest absolute Gasteiger partial charge is 0.234 e. The largest absolute Gasteiger partial charge is 0.285 e. The molecule has 0 spiro atoms. The van der Waals surface area contributed by atoms with E-state index in [2.05, 4.69) is 19.1 Å². The minimum atomic E-state index is 0.644. The first kappa shape index (κ1) is 8.95. The van der Waals surface area contributed by atoms with Gasteiger partial charge in [-0.1, -0.05) is 43.3 Å². The van der Waals surface area contributed by atoms with Crippen LogP contribution in [-0.2, 0) is 11.2 Å². The molecule has 0 amide bonds. The molecule has 0 saturated carbocycles. The van der Waals surface area contributed by atoms with Crippen molar-refractivity contribution in [3.05, 3.63) is 47.5 Å². The fourth-order valence-electron chi connectivity index (χ4n) is 1.64. The second-order valence-corrected chi connectivity index (χ2v) is 3.32. The SMILES string of the molecule is CCc1ccc2c([C]=O)cccc2c1. The van der Waals surface area contributed by atoms with E-state index in [9.17, 15) is 4.79 Å². The van der Waals surface area contributed by atoms with Gasteiger partial charge in [-0.15, -0.1) is 0 Å². The van der Waals surface area contributed by atoms with Crippen LogP contribution in [0.15, 0.2) is 36.4 Å². The van der Waals surface area contributed by atoms with Crippen LogP contribution in [0.2, 0.25) is 0 Å². The maximum Gasteiger partial charge on any atom is 0.234 e. The maximum absolute atomic E-state index is 10.6. The van der Waals surface area contributed by atoms with E-state index in [4.69, 9.17) is 0 Å². The second kappa shape index (κ2) is 3.62. The summed E-state index contributed by atoms with van der Waals surface area (Å²) >= 11 is 0. The number of fused-ring (bicyclic) bond motifs is 1. The predicted molar refractivity (Wildman–Crippen MR) is 58.1 cm³/mol. The van der Waals surface area contributed by atoms with E-state index in [0.29, 0.717) is 5.56 Å². The fraction of sp³-hybridized carbons (Fsp3) is 0.154. The van der Waals surface area contributed by atoms with Crippen LogP contribution < -0.4 is 0 Å². The van der Waals surface area contributed by atoms with Gasteiger partial charge in [-0.2, -0.15) is 0 Å². The van der Waals surface area contributed by atoms with Crippen LogP contribution in [0.25, 0.3) is 10.8 Å². The van der Waals surface area contributed by atoms with Crippen molar-refractivity contribution in [3.63, 3.8) is 0 Å². The Balaban J connectivity index is 2.73. The summed E-state index contributed by atoms with van der Waals surface area (Å²) in [7, 11) is 0. The average molecular weight is 183 g/mol. The van der Waals surface area contributed by atoms with E-state index in [1.165, 1.54) is 5.56 Å². The van der Waals surface area contributed by atoms with Crippen molar-refractivity contribution in [1.82, 2.24) is 0 Å². The van der Waals surface area contributed by atoms with Crippen LogP contribution in [0.3, 0.4) is 0 Å². The van der Waals surface area contributed by atoms with Crippen molar-refractivity contribution in [1.29, 1.82) is 0 Å². The zero-order chi connectivity index (χ0) is 9.97. The monoisotopic (exact) mass is 183 g/mol. The van der Waals surface area contributed by atoms with Gasteiger partial charge in [-0.05, 0) is 22.8 Å². The first-order chi connectivity index (χ1) is 6.85. The topological polar surface area (TPSA) is 17.1 Å². The Morgan fingerprint density at radius 1 is 1.21 bits per heavy atom. The van der Waals surface area contributed by atoms with Crippen LogP contribution in [-0.4, -0.2) is 6.29 Å².